The predicted octanol–water partition coefficient (Wildman–Crippen LogP) is 0.665. The molecule has 0 radical (unpaired) electrons. The molecule has 15 heavy (non-hydrogen) atoms. The van der Waals surface area contributed by atoms with Crippen LogP contribution in [-0.4, -0.2) is 28.8 Å². The molecule has 1 unspecified atom stereocenters. The highest BCUT2D eigenvalue weighted by Crippen LogP contribution is 2.15. The number of carbonyl (C=O) groups excluding carboxylic acids is 3. The van der Waals surface area contributed by atoms with Crippen LogP contribution in [0.1, 0.15) is 20.3 Å². The van der Waals surface area contributed by atoms with Crippen molar-refractivity contribution in [1.29, 1.82) is 0 Å². The lowest BCUT2D eigenvalue weighted by atomic mass is 10.0. The summed E-state index contributed by atoms with van der Waals surface area (Å²) in [6.45, 7) is 7.34. The lowest BCUT2D eigenvalue weighted by Crippen LogP contribution is -2.57. The fourth-order valence-electron chi connectivity index (χ4n) is 1.54. The Morgan fingerprint density at radius 2 is 2.00 bits per heavy atom. The third-order valence-electron chi connectivity index (χ3n) is 2.27. The lowest BCUT2D eigenvalue weighted by molar-refractivity contribution is -0.137. The Balaban J connectivity index is 2.92. The van der Waals surface area contributed by atoms with E-state index >= 15 is 0 Å². The standard InChI is InChI=1S/C10H14N2O3/c1-4-7(6(2)3)12-9(14)5-8(13)11-10(12)15/h4,6-7H,1,5H2,2-3H3,(H,11,13,15). The quantitative estimate of drug-likeness (QED) is 0.549. The summed E-state index contributed by atoms with van der Waals surface area (Å²) in [5, 5.41) is 2.11. The van der Waals surface area contributed by atoms with Crippen molar-refractivity contribution >= 4 is 17.8 Å². The molecule has 1 aliphatic heterocycles. The Kier molecular flexibility index (Phi) is 3.24. The highest BCUT2D eigenvalue weighted by atomic mass is 16.2. The van der Waals surface area contributed by atoms with E-state index in [1.165, 1.54) is 6.08 Å². The van der Waals surface area contributed by atoms with Gasteiger partial charge in [-0.2, -0.15) is 0 Å². The van der Waals surface area contributed by atoms with E-state index in [1.54, 1.807) is 0 Å². The molecule has 1 heterocycles. The molecule has 0 bridgehead atoms. The van der Waals surface area contributed by atoms with Gasteiger partial charge >= 0.3 is 6.03 Å². The first-order valence-electron chi connectivity index (χ1n) is 4.75. The molecule has 0 saturated carbocycles. The van der Waals surface area contributed by atoms with Crippen LogP contribution in [0, 0.1) is 5.92 Å². The zero-order valence-electron chi connectivity index (χ0n) is 8.82. The lowest BCUT2D eigenvalue weighted by Gasteiger charge is -2.32. The fraction of sp³-hybridized carbons (Fsp3) is 0.500. The predicted molar refractivity (Wildman–Crippen MR) is 53.8 cm³/mol. The number of barbiturate groups is 1. The summed E-state index contributed by atoms with van der Waals surface area (Å²) >= 11 is 0. The second-order valence-corrected chi connectivity index (χ2v) is 3.76. The highest BCUT2D eigenvalue weighted by molar-refractivity contribution is 6.14. The molecule has 1 fully saturated rings. The number of carbonyl (C=O) groups is 3. The van der Waals surface area contributed by atoms with Gasteiger partial charge in [0, 0.05) is 0 Å². The first-order valence-corrected chi connectivity index (χ1v) is 4.75. The largest absolute Gasteiger partial charge is 0.331 e. The number of amides is 4. The Hall–Kier alpha value is -1.65. The summed E-state index contributed by atoms with van der Waals surface area (Å²) in [6, 6.07) is -1.03. The third-order valence-corrected chi connectivity index (χ3v) is 2.27. The number of hydrogen-bond donors (Lipinski definition) is 1. The first-order chi connectivity index (χ1) is 6.97. The summed E-state index contributed by atoms with van der Waals surface area (Å²) in [7, 11) is 0. The second-order valence-electron chi connectivity index (χ2n) is 3.76. The van der Waals surface area contributed by atoms with E-state index in [0.717, 1.165) is 4.90 Å². The van der Waals surface area contributed by atoms with E-state index in [1.807, 2.05) is 13.8 Å². The summed E-state index contributed by atoms with van der Waals surface area (Å²) in [5.41, 5.74) is 0. The number of nitrogens with one attached hydrogen (secondary N) is 1. The van der Waals surface area contributed by atoms with Crippen LogP contribution in [0.2, 0.25) is 0 Å². The topological polar surface area (TPSA) is 66.5 Å². The van der Waals surface area contributed by atoms with Gasteiger partial charge in [0.1, 0.15) is 6.42 Å². The van der Waals surface area contributed by atoms with Crippen LogP contribution in [0.15, 0.2) is 12.7 Å². The smallest absolute Gasteiger partial charge is 0.277 e. The minimum absolute atomic E-state index is 0.0744. The van der Waals surface area contributed by atoms with Crippen LogP contribution in [0.3, 0.4) is 0 Å². The highest BCUT2D eigenvalue weighted by Gasteiger charge is 2.35. The molecule has 4 amide bonds. The van der Waals surface area contributed by atoms with Gasteiger partial charge < -0.3 is 0 Å². The van der Waals surface area contributed by atoms with Gasteiger partial charge in [0.15, 0.2) is 0 Å². The molecule has 0 aromatic carbocycles. The van der Waals surface area contributed by atoms with E-state index in [4.69, 9.17) is 0 Å². The van der Waals surface area contributed by atoms with Crippen LogP contribution in [0.25, 0.3) is 0 Å². The maximum absolute atomic E-state index is 11.5. The summed E-state index contributed by atoms with van der Waals surface area (Å²) in [5.74, 6) is -0.944. The van der Waals surface area contributed by atoms with E-state index in [-0.39, 0.29) is 18.4 Å². The molecule has 0 spiro atoms. The molecule has 5 heteroatoms. The second kappa shape index (κ2) is 4.25. The molecular weight excluding hydrogens is 196 g/mol. The first kappa shape index (κ1) is 11.4. The summed E-state index contributed by atoms with van der Waals surface area (Å²) in [6.07, 6.45) is 1.26. The van der Waals surface area contributed by atoms with Crippen LogP contribution < -0.4 is 5.32 Å². The molecule has 1 saturated heterocycles. The van der Waals surface area contributed by atoms with Crippen molar-refractivity contribution in [2.45, 2.75) is 26.3 Å². The molecular formula is C10H14N2O3. The van der Waals surface area contributed by atoms with E-state index in [2.05, 4.69) is 11.9 Å². The zero-order chi connectivity index (χ0) is 11.6. The fourth-order valence-corrected chi connectivity index (χ4v) is 1.54. The van der Waals surface area contributed by atoms with Crippen molar-refractivity contribution in [3.8, 4) is 0 Å². The van der Waals surface area contributed by atoms with Gasteiger partial charge in [-0.15, -0.1) is 6.58 Å². The Morgan fingerprint density at radius 1 is 1.40 bits per heavy atom. The van der Waals surface area contributed by atoms with Crippen LogP contribution in [-0.2, 0) is 9.59 Å². The monoisotopic (exact) mass is 210 g/mol. The summed E-state index contributed by atoms with van der Waals surface area (Å²) in [4.78, 5) is 34.9. The van der Waals surface area contributed by atoms with Crippen molar-refractivity contribution < 1.29 is 14.4 Å². The van der Waals surface area contributed by atoms with Crippen molar-refractivity contribution in [2.75, 3.05) is 0 Å². The molecule has 0 aromatic heterocycles. The SMILES string of the molecule is C=CC(C(C)C)N1C(=O)CC(=O)NC1=O. The van der Waals surface area contributed by atoms with Crippen LogP contribution >= 0.6 is 0 Å². The average Bonchev–Trinajstić information content (AvgIpc) is 2.09. The molecule has 0 aliphatic carbocycles. The zero-order valence-corrected chi connectivity index (χ0v) is 8.82. The minimum Gasteiger partial charge on any atom is -0.277 e. The van der Waals surface area contributed by atoms with Crippen LogP contribution in [0.5, 0.6) is 0 Å². The van der Waals surface area contributed by atoms with Gasteiger partial charge in [-0.25, -0.2) is 4.79 Å². The maximum atomic E-state index is 11.5. The normalized spacial score (nSPS) is 19.1. The van der Waals surface area contributed by atoms with E-state index in [9.17, 15) is 14.4 Å². The number of hydrogen-bond acceptors (Lipinski definition) is 3. The van der Waals surface area contributed by atoms with Gasteiger partial charge in [0.05, 0.1) is 6.04 Å². The molecule has 1 N–H and O–H groups in total. The van der Waals surface area contributed by atoms with Crippen molar-refractivity contribution in [3.05, 3.63) is 12.7 Å². The Bertz CT molecular complexity index is 303. The van der Waals surface area contributed by atoms with Gasteiger partial charge in [0.2, 0.25) is 11.8 Å². The van der Waals surface area contributed by atoms with Crippen molar-refractivity contribution in [3.63, 3.8) is 0 Å². The number of rotatable bonds is 3. The van der Waals surface area contributed by atoms with E-state index in [0.29, 0.717) is 0 Å². The molecule has 5 nitrogen and oxygen atoms in total. The average molecular weight is 210 g/mol. The van der Waals surface area contributed by atoms with Gasteiger partial charge in [-0.3, -0.25) is 19.8 Å². The molecule has 1 atom stereocenters. The van der Waals surface area contributed by atoms with Crippen LogP contribution in [0.4, 0.5) is 4.79 Å². The van der Waals surface area contributed by atoms with E-state index < -0.39 is 17.8 Å². The van der Waals surface area contributed by atoms with Gasteiger partial charge in [0.25, 0.3) is 0 Å². The van der Waals surface area contributed by atoms with Crippen molar-refractivity contribution in [1.82, 2.24) is 10.2 Å². The number of urea groups is 1. The number of imide groups is 2. The minimum atomic E-state index is -0.658. The Labute approximate surface area is 88.1 Å². The van der Waals surface area contributed by atoms with Gasteiger partial charge in [-0.05, 0) is 5.92 Å². The van der Waals surface area contributed by atoms with Gasteiger partial charge in [-0.1, -0.05) is 19.9 Å². The molecule has 1 aliphatic rings. The molecule has 1 rings (SSSR count). The molecule has 0 aromatic rings. The Morgan fingerprint density at radius 3 is 2.40 bits per heavy atom. The summed E-state index contributed by atoms with van der Waals surface area (Å²) < 4.78 is 0. The third kappa shape index (κ3) is 2.23. The number of nitrogens with zero attached hydrogens (tertiary/aromatic N) is 1. The molecule has 82 valence electrons. The maximum Gasteiger partial charge on any atom is 0.331 e. The van der Waals surface area contributed by atoms with Crippen molar-refractivity contribution in [2.24, 2.45) is 5.92 Å².